The quantitative estimate of drug-likeness (QED) is 0.473. The number of aliphatic carboxylic acids is 1. The van der Waals surface area contributed by atoms with Gasteiger partial charge in [0.2, 0.25) is 11.8 Å². The summed E-state index contributed by atoms with van der Waals surface area (Å²) in [6.45, 7) is 4.98. The van der Waals surface area contributed by atoms with E-state index in [-0.39, 0.29) is 23.6 Å². The van der Waals surface area contributed by atoms with Crippen LogP contribution in [0.5, 0.6) is 0 Å². The van der Waals surface area contributed by atoms with Gasteiger partial charge in [-0.2, -0.15) is 0 Å². The topological polar surface area (TPSA) is 107 Å². The fourth-order valence-corrected chi connectivity index (χ4v) is 4.04. The van der Waals surface area contributed by atoms with Gasteiger partial charge < -0.3 is 20.4 Å². The predicted octanol–water partition coefficient (Wildman–Crippen LogP) is 0.153. The first kappa shape index (κ1) is 16.8. The fourth-order valence-electron chi connectivity index (χ4n) is 2.97. The molecule has 2 aliphatic rings. The third-order valence-electron chi connectivity index (χ3n) is 3.84. The molecule has 3 N–H and O–H groups in total. The van der Waals surface area contributed by atoms with Crippen LogP contribution in [0.4, 0.5) is 0 Å². The van der Waals surface area contributed by atoms with Gasteiger partial charge in [0.1, 0.15) is 5.70 Å². The zero-order valence-corrected chi connectivity index (χ0v) is 13.6. The number of nitrogens with zero attached hydrogens (tertiary/aromatic N) is 1. The first-order chi connectivity index (χ1) is 10.1. The van der Waals surface area contributed by atoms with Crippen molar-refractivity contribution in [2.75, 3.05) is 12.3 Å². The van der Waals surface area contributed by atoms with E-state index in [4.69, 9.17) is 0 Å². The monoisotopic (exact) mass is 328 g/mol. The summed E-state index contributed by atoms with van der Waals surface area (Å²) in [5.74, 6) is -1.65. The van der Waals surface area contributed by atoms with Crippen LogP contribution in [0.2, 0.25) is 0 Å². The summed E-state index contributed by atoms with van der Waals surface area (Å²) in [5.41, 5.74) is -1.15. The van der Waals surface area contributed by atoms with Crippen molar-refractivity contribution in [1.29, 1.82) is 0 Å². The van der Waals surface area contributed by atoms with E-state index in [0.29, 0.717) is 23.6 Å². The molecular weight excluding hydrogens is 308 g/mol. The highest BCUT2D eigenvalue weighted by atomic mass is 32.2. The molecule has 0 aromatic rings. The van der Waals surface area contributed by atoms with Crippen molar-refractivity contribution >= 4 is 29.5 Å². The number of hydrogen-bond donors (Lipinski definition) is 3. The maximum atomic E-state index is 12.2. The molecule has 0 aromatic heterocycles. The Kier molecular flexibility index (Phi) is 4.53. The molecule has 0 radical (unpaired) electrons. The van der Waals surface area contributed by atoms with Gasteiger partial charge in [0.25, 0.3) is 0 Å². The lowest BCUT2D eigenvalue weighted by Gasteiger charge is -2.48. The smallest absolute Gasteiger partial charge is 0.353 e. The molecule has 0 spiro atoms. The predicted molar refractivity (Wildman–Crippen MR) is 80.8 cm³/mol. The van der Waals surface area contributed by atoms with Gasteiger partial charge in [-0.05, 0) is 13.8 Å². The number of rotatable bonds is 6. The number of carbonyl (C=O) groups is 3. The van der Waals surface area contributed by atoms with Crippen LogP contribution in [0.25, 0.3) is 0 Å². The molecule has 0 unspecified atom stereocenters. The van der Waals surface area contributed by atoms with Gasteiger partial charge in [0, 0.05) is 30.5 Å². The lowest BCUT2D eigenvalue weighted by molar-refractivity contribution is -0.169. The summed E-state index contributed by atoms with van der Waals surface area (Å²) in [6, 6.07) is -0.290. The molecule has 2 atom stereocenters. The number of amides is 2. The highest BCUT2D eigenvalue weighted by Crippen LogP contribution is 2.48. The highest BCUT2D eigenvalue weighted by Gasteiger charge is 2.59. The molecule has 2 aliphatic heterocycles. The molecule has 8 heteroatoms. The zero-order valence-electron chi connectivity index (χ0n) is 12.8. The SMILES string of the molecule is CC(=O)NCCSC1=C(C(=O)O)N2C(=O)[C@H](C(C)(C)O)[C@H]2C1. The number of carbonyl (C=O) groups excluding carboxylic acids is 2. The van der Waals surface area contributed by atoms with Crippen LogP contribution >= 0.6 is 11.8 Å². The molecule has 22 heavy (non-hydrogen) atoms. The first-order valence-electron chi connectivity index (χ1n) is 7.03. The van der Waals surface area contributed by atoms with Crippen molar-refractivity contribution in [2.45, 2.75) is 38.8 Å². The van der Waals surface area contributed by atoms with Crippen molar-refractivity contribution in [3.8, 4) is 0 Å². The highest BCUT2D eigenvalue weighted by molar-refractivity contribution is 8.03. The number of fused-ring (bicyclic) bond motifs is 1. The normalized spacial score (nSPS) is 24.2. The lowest BCUT2D eigenvalue weighted by atomic mass is 9.76. The molecule has 7 nitrogen and oxygen atoms in total. The number of β-lactam (4-membered cyclic amide) rings is 1. The van der Waals surface area contributed by atoms with Crippen molar-refractivity contribution in [1.82, 2.24) is 10.2 Å². The summed E-state index contributed by atoms with van der Waals surface area (Å²) >= 11 is 1.33. The number of carboxylic acid groups (broad SMARTS) is 1. The van der Waals surface area contributed by atoms with E-state index in [1.165, 1.54) is 23.6 Å². The molecular formula is C14H20N2O5S. The van der Waals surface area contributed by atoms with E-state index in [2.05, 4.69) is 5.32 Å². The Labute approximate surface area is 132 Å². The van der Waals surface area contributed by atoms with E-state index in [1.54, 1.807) is 13.8 Å². The third kappa shape index (κ3) is 2.98. The van der Waals surface area contributed by atoms with Gasteiger partial charge in [0.05, 0.1) is 17.6 Å². The number of hydrogen-bond acceptors (Lipinski definition) is 5. The lowest BCUT2D eigenvalue weighted by Crippen LogP contribution is -2.65. The Morgan fingerprint density at radius 3 is 2.59 bits per heavy atom. The fraction of sp³-hybridized carbons (Fsp3) is 0.643. The average Bonchev–Trinajstić information content (AvgIpc) is 2.67. The van der Waals surface area contributed by atoms with Gasteiger partial charge >= 0.3 is 5.97 Å². The van der Waals surface area contributed by atoms with Crippen LogP contribution in [0, 0.1) is 5.92 Å². The Morgan fingerprint density at radius 2 is 2.09 bits per heavy atom. The van der Waals surface area contributed by atoms with Crippen LogP contribution in [0.1, 0.15) is 27.2 Å². The molecule has 1 saturated heterocycles. The first-order valence-corrected chi connectivity index (χ1v) is 8.02. The van der Waals surface area contributed by atoms with E-state index in [9.17, 15) is 24.6 Å². The Balaban J connectivity index is 2.08. The van der Waals surface area contributed by atoms with E-state index in [0.717, 1.165) is 0 Å². The Hall–Kier alpha value is -1.54. The van der Waals surface area contributed by atoms with Crippen LogP contribution in [-0.4, -0.2) is 56.8 Å². The third-order valence-corrected chi connectivity index (χ3v) is 4.95. The molecule has 0 bridgehead atoms. The molecule has 2 rings (SSSR count). The minimum absolute atomic E-state index is 0.0170. The van der Waals surface area contributed by atoms with Crippen molar-refractivity contribution in [3.63, 3.8) is 0 Å². The molecule has 0 aliphatic carbocycles. The molecule has 0 aromatic carbocycles. The van der Waals surface area contributed by atoms with E-state index < -0.39 is 17.5 Å². The van der Waals surface area contributed by atoms with E-state index in [1.807, 2.05) is 0 Å². The van der Waals surface area contributed by atoms with Crippen LogP contribution < -0.4 is 5.32 Å². The van der Waals surface area contributed by atoms with Crippen molar-refractivity contribution < 1.29 is 24.6 Å². The molecule has 122 valence electrons. The Bertz CT molecular complexity index is 552. The Morgan fingerprint density at radius 1 is 1.45 bits per heavy atom. The minimum Gasteiger partial charge on any atom is -0.477 e. The maximum absolute atomic E-state index is 12.2. The molecule has 1 fully saturated rings. The zero-order chi connectivity index (χ0) is 16.7. The molecule has 0 saturated carbocycles. The summed E-state index contributed by atoms with van der Waals surface area (Å²) in [6.07, 6.45) is 0.437. The maximum Gasteiger partial charge on any atom is 0.353 e. The van der Waals surface area contributed by atoms with Crippen molar-refractivity contribution in [2.24, 2.45) is 5.92 Å². The molecule has 2 amide bonds. The number of aliphatic hydroxyl groups is 1. The van der Waals surface area contributed by atoms with Crippen LogP contribution in [0.3, 0.4) is 0 Å². The van der Waals surface area contributed by atoms with Gasteiger partial charge in [-0.25, -0.2) is 4.79 Å². The number of nitrogens with one attached hydrogen (secondary N) is 1. The van der Waals surface area contributed by atoms with Gasteiger partial charge in [-0.3, -0.25) is 9.59 Å². The summed E-state index contributed by atoms with van der Waals surface area (Å²) < 4.78 is 0. The second kappa shape index (κ2) is 5.92. The van der Waals surface area contributed by atoms with E-state index >= 15 is 0 Å². The van der Waals surface area contributed by atoms with Crippen molar-refractivity contribution in [3.05, 3.63) is 10.6 Å². The van der Waals surface area contributed by atoms with Gasteiger partial charge in [-0.15, -0.1) is 11.8 Å². The van der Waals surface area contributed by atoms with Gasteiger partial charge in [0.15, 0.2) is 0 Å². The van der Waals surface area contributed by atoms with Gasteiger partial charge in [-0.1, -0.05) is 0 Å². The second-order valence-corrected chi connectivity index (χ2v) is 7.21. The number of carboxylic acids is 1. The molecule has 2 heterocycles. The number of thioether (sulfide) groups is 1. The van der Waals surface area contributed by atoms with Crippen LogP contribution in [0.15, 0.2) is 10.6 Å². The average molecular weight is 328 g/mol. The second-order valence-electron chi connectivity index (χ2n) is 6.02. The summed E-state index contributed by atoms with van der Waals surface area (Å²) in [5, 5.41) is 22.1. The minimum atomic E-state index is -1.17. The van der Waals surface area contributed by atoms with Crippen LogP contribution in [-0.2, 0) is 14.4 Å². The summed E-state index contributed by atoms with van der Waals surface area (Å²) in [7, 11) is 0. The summed E-state index contributed by atoms with van der Waals surface area (Å²) in [4.78, 5) is 36.3. The largest absolute Gasteiger partial charge is 0.477 e. The standard InChI is InChI=1S/C14H20N2O5S/c1-7(17)15-4-5-22-9-6-8-10(14(2,3)21)12(18)16(8)11(9)13(19)20/h8,10,21H,4-6H2,1-3H3,(H,15,17)(H,19,20)/t8-,10-/m1/s1.